The second-order valence-corrected chi connectivity index (χ2v) is 11.0. The van der Waals surface area contributed by atoms with Gasteiger partial charge in [0.05, 0.1) is 6.21 Å². The predicted octanol–water partition coefficient (Wildman–Crippen LogP) is 7.31. The van der Waals surface area contributed by atoms with E-state index in [1.807, 2.05) is 6.07 Å². The van der Waals surface area contributed by atoms with Gasteiger partial charge in [0.25, 0.3) is 5.91 Å². The molecule has 2 heterocycles. The fraction of sp³-hybridized carbons (Fsp3) is 0.306. The van der Waals surface area contributed by atoms with Gasteiger partial charge >= 0.3 is 0 Å². The summed E-state index contributed by atoms with van der Waals surface area (Å²) < 4.78 is 6.74. The Kier molecular flexibility index (Phi) is 7.99. The number of phenolic OH excluding ortho intramolecular Hbond substituents is 1. The molecule has 1 spiro atoms. The van der Waals surface area contributed by atoms with Crippen molar-refractivity contribution in [3.8, 4) is 17.2 Å². The Hall–Kier alpha value is -4.85. The average Bonchev–Trinajstić information content (AvgIpc) is 3.29. The fourth-order valence-electron chi connectivity index (χ4n) is 6.68. The summed E-state index contributed by atoms with van der Waals surface area (Å²) in [5, 5.41) is 16.6. The van der Waals surface area contributed by atoms with E-state index >= 15 is 0 Å². The topological polar surface area (TPSA) is 81.0 Å². The lowest BCUT2D eigenvalue weighted by Gasteiger charge is -2.43. The number of carbonyl (C=O) groups is 1. The standard InChI is InChI=1S/C36H39N5O3/c1-5-39(6-2)25-17-19-29-33(23-25)44-34-24-26(40(7-3)8-4)18-20-30(34)36(29)28-14-10-9-13-27(28)35(43)41(36)38-22-21-37-31-15-11-12-16-32(31)42/h10-12,14-24,42H,5-9,13H2,1-4H3/b37-21+,38-22+. The van der Waals surface area contributed by atoms with E-state index < -0.39 is 5.54 Å². The van der Waals surface area contributed by atoms with E-state index in [-0.39, 0.29) is 11.7 Å². The molecule has 0 unspecified atom stereocenters. The lowest BCUT2D eigenvalue weighted by molar-refractivity contribution is -0.129. The van der Waals surface area contributed by atoms with Crippen LogP contribution in [-0.2, 0) is 10.3 Å². The minimum Gasteiger partial charge on any atom is -0.506 e. The number of ether oxygens (including phenoxy) is 1. The van der Waals surface area contributed by atoms with Crippen molar-refractivity contribution in [1.29, 1.82) is 0 Å². The number of aromatic hydroxyl groups is 1. The number of amides is 1. The van der Waals surface area contributed by atoms with Crippen LogP contribution in [0.25, 0.3) is 0 Å². The van der Waals surface area contributed by atoms with Gasteiger partial charge in [0.1, 0.15) is 28.5 Å². The van der Waals surface area contributed by atoms with Gasteiger partial charge in [0.15, 0.2) is 0 Å². The second-order valence-electron chi connectivity index (χ2n) is 11.0. The number of hydrazone groups is 1. The summed E-state index contributed by atoms with van der Waals surface area (Å²) in [5.41, 5.74) is 4.98. The molecule has 0 radical (unpaired) electrons. The summed E-state index contributed by atoms with van der Waals surface area (Å²) in [6, 6.07) is 19.5. The van der Waals surface area contributed by atoms with Crippen molar-refractivity contribution in [2.75, 3.05) is 36.0 Å². The number of carbonyl (C=O) groups excluding carboxylic acids is 1. The van der Waals surface area contributed by atoms with Crippen molar-refractivity contribution in [1.82, 2.24) is 5.01 Å². The quantitative estimate of drug-likeness (QED) is 0.265. The number of nitrogens with zero attached hydrogens (tertiary/aromatic N) is 5. The molecule has 0 saturated carbocycles. The number of hydrogen-bond acceptors (Lipinski definition) is 7. The van der Waals surface area contributed by atoms with Gasteiger partial charge in [-0.2, -0.15) is 5.10 Å². The first kappa shape index (κ1) is 29.2. The normalized spacial score (nSPS) is 16.5. The number of phenols is 1. The maximum absolute atomic E-state index is 14.3. The van der Waals surface area contributed by atoms with Gasteiger partial charge in [-0.25, -0.2) is 5.01 Å². The zero-order chi connectivity index (χ0) is 30.8. The molecule has 226 valence electrons. The molecule has 0 aromatic heterocycles. The first-order chi connectivity index (χ1) is 21.5. The van der Waals surface area contributed by atoms with Crippen molar-refractivity contribution >= 4 is 35.4 Å². The number of rotatable bonds is 9. The molecule has 8 heteroatoms. The summed E-state index contributed by atoms with van der Waals surface area (Å²) in [5.74, 6) is 1.37. The molecule has 2 aliphatic heterocycles. The number of allylic oxidation sites excluding steroid dienone is 1. The maximum atomic E-state index is 14.3. The van der Waals surface area contributed by atoms with Crippen LogP contribution in [0.4, 0.5) is 17.1 Å². The molecular formula is C36H39N5O3. The number of hydrogen-bond donors (Lipinski definition) is 1. The monoisotopic (exact) mass is 589 g/mol. The van der Waals surface area contributed by atoms with Crippen LogP contribution in [-0.4, -0.2) is 54.6 Å². The third-order valence-corrected chi connectivity index (χ3v) is 8.86. The molecule has 0 saturated heterocycles. The Bertz CT molecular complexity index is 1640. The Morgan fingerprint density at radius 3 is 2.09 bits per heavy atom. The summed E-state index contributed by atoms with van der Waals surface area (Å²) in [6.07, 6.45) is 8.72. The molecule has 8 nitrogen and oxygen atoms in total. The van der Waals surface area contributed by atoms with E-state index in [0.29, 0.717) is 23.6 Å². The SMILES string of the molecule is CCN(CC)c1ccc2c(c1)Oc1cc(N(CC)CC)ccc1C21C2=C(CCC=C2)C(=O)N1/N=C/C=N/c1ccccc1O. The van der Waals surface area contributed by atoms with Crippen LogP contribution in [0.15, 0.2) is 94.1 Å². The van der Waals surface area contributed by atoms with Gasteiger partial charge in [0.2, 0.25) is 0 Å². The first-order valence-corrected chi connectivity index (χ1v) is 15.5. The van der Waals surface area contributed by atoms with Crippen molar-refractivity contribution in [3.63, 3.8) is 0 Å². The molecule has 0 bridgehead atoms. The van der Waals surface area contributed by atoms with Crippen LogP contribution in [0.2, 0.25) is 0 Å². The average molecular weight is 590 g/mol. The third kappa shape index (κ3) is 4.65. The number of benzene rings is 3. The highest BCUT2D eigenvalue weighted by Crippen LogP contribution is 2.59. The summed E-state index contributed by atoms with van der Waals surface area (Å²) in [7, 11) is 0. The Balaban J connectivity index is 1.56. The lowest BCUT2D eigenvalue weighted by Crippen LogP contribution is -2.45. The smallest absolute Gasteiger partial charge is 0.271 e. The Labute approximate surface area is 259 Å². The first-order valence-electron chi connectivity index (χ1n) is 15.5. The Morgan fingerprint density at radius 1 is 0.886 bits per heavy atom. The van der Waals surface area contributed by atoms with Crippen molar-refractivity contribution < 1.29 is 14.6 Å². The van der Waals surface area contributed by atoms with E-state index in [9.17, 15) is 9.90 Å². The van der Waals surface area contributed by atoms with Gasteiger partial charge in [-0.1, -0.05) is 36.4 Å². The molecule has 3 aromatic carbocycles. The van der Waals surface area contributed by atoms with Crippen molar-refractivity contribution in [2.45, 2.75) is 46.1 Å². The molecule has 1 aliphatic carbocycles. The molecule has 3 aromatic rings. The molecule has 3 aliphatic rings. The fourth-order valence-corrected chi connectivity index (χ4v) is 6.68. The molecule has 44 heavy (non-hydrogen) atoms. The van der Waals surface area contributed by atoms with E-state index in [1.54, 1.807) is 23.2 Å². The van der Waals surface area contributed by atoms with Gasteiger partial charge in [-0.05, 0) is 70.4 Å². The largest absolute Gasteiger partial charge is 0.506 e. The van der Waals surface area contributed by atoms with E-state index in [4.69, 9.17) is 9.84 Å². The van der Waals surface area contributed by atoms with Gasteiger partial charge in [0, 0.05) is 72.6 Å². The highest BCUT2D eigenvalue weighted by molar-refractivity contribution is 6.17. The van der Waals surface area contributed by atoms with Crippen molar-refractivity contribution in [2.24, 2.45) is 10.1 Å². The molecule has 1 amide bonds. The van der Waals surface area contributed by atoms with Gasteiger partial charge < -0.3 is 19.6 Å². The summed E-state index contributed by atoms with van der Waals surface area (Å²) >= 11 is 0. The van der Waals surface area contributed by atoms with E-state index in [0.717, 1.165) is 66.2 Å². The molecular weight excluding hydrogens is 550 g/mol. The summed E-state index contributed by atoms with van der Waals surface area (Å²) in [6.45, 7) is 12.0. The molecule has 1 N–H and O–H groups in total. The lowest BCUT2D eigenvalue weighted by atomic mass is 9.73. The van der Waals surface area contributed by atoms with E-state index in [1.165, 1.54) is 12.4 Å². The van der Waals surface area contributed by atoms with Crippen LogP contribution >= 0.6 is 0 Å². The van der Waals surface area contributed by atoms with Gasteiger partial charge in [-0.15, -0.1) is 0 Å². The molecule has 0 fully saturated rings. The number of aliphatic imine (C=N–C) groups is 1. The maximum Gasteiger partial charge on any atom is 0.271 e. The zero-order valence-electron chi connectivity index (χ0n) is 25.8. The molecule has 6 rings (SSSR count). The van der Waals surface area contributed by atoms with Crippen LogP contribution in [0, 0.1) is 0 Å². The van der Waals surface area contributed by atoms with Crippen LogP contribution in [0.5, 0.6) is 17.2 Å². The Morgan fingerprint density at radius 2 is 1.50 bits per heavy atom. The van der Waals surface area contributed by atoms with Gasteiger partial charge in [-0.3, -0.25) is 9.79 Å². The highest BCUT2D eigenvalue weighted by atomic mass is 16.5. The summed E-state index contributed by atoms with van der Waals surface area (Å²) in [4.78, 5) is 23.2. The van der Waals surface area contributed by atoms with Crippen LogP contribution < -0.4 is 14.5 Å². The highest BCUT2D eigenvalue weighted by Gasteiger charge is 2.57. The predicted molar refractivity (Wildman–Crippen MR) is 178 cm³/mol. The molecule has 0 atom stereocenters. The van der Waals surface area contributed by atoms with Crippen LogP contribution in [0.3, 0.4) is 0 Å². The van der Waals surface area contributed by atoms with Crippen LogP contribution in [0.1, 0.15) is 51.7 Å². The number of para-hydroxylation sites is 2. The second kappa shape index (κ2) is 12.0. The minimum absolute atomic E-state index is 0.0773. The van der Waals surface area contributed by atoms with E-state index in [2.05, 4.69) is 91.0 Å². The number of fused-ring (bicyclic) bond motifs is 5. The van der Waals surface area contributed by atoms with Crippen molar-refractivity contribution in [3.05, 3.63) is 95.1 Å². The third-order valence-electron chi connectivity index (χ3n) is 8.86. The minimum atomic E-state index is -1.02. The zero-order valence-corrected chi connectivity index (χ0v) is 25.8. The number of anilines is 2.